The third kappa shape index (κ3) is 2.77. The van der Waals surface area contributed by atoms with Gasteiger partial charge in [0, 0.05) is 24.4 Å². The molecule has 3 N–H and O–H groups in total. The van der Waals surface area contributed by atoms with E-state index in [1.54, 1.807) is 6.07 Å². The Morgan fingerprint density at radius 3 is 3.06 bits per heavy atom. The van der Waals surface area contributed by atoms with Crippen LogP contribution in [-0.4, -0.2) is 25.2 Å². The highest BCUT2D eigenvalue weighted by molar-refractivity contribution is 5.95. The lowest BCUT2D eigenvalue weighted by atomic mass is 10.1. The number of anilines is 1. The van der Waals surface area contributed by atoms with Crippen molar-refractivity contribution in [1.82, 2.24) is 0 Å². The lowest BCUT2D eigenvalue weighted by molar-refractivity contribution is 0.1000. The van der Waals surface area contributed by atoms with E-state index in [1.165, 1.54) is 0 Å². The smallest absolute Gasteiger partial charge is 0.249 e. The molecule has 0 radical (unpaired) electrons. The van der Waals surface area contributed by atoms with Crippen molar-refractivity contribution in [3.63, 3.8) is 0 Å². The molecule has 1 aromatic carbocycles. The number of benzene rings is 1. The highest BCUT2D eigenvalue weighted by Gasteiger charge is 2.15. The summed E-state index contributed by atoms with van der Waals surface area (Å²) in [6.07, 6.45) is 2.51. The van der Waals surface area contributed by atoms with Crippen molar-refractivity contribution < 1.29 is 9.53 Å². The van der Waals surface area contributed by atoms with Gasteiger partial charge in [0.2, 0.25) is 5.91 Å². The number of primary amides is 1. The highest BCUT2D eigenvalue weighted by Crippen LogP contribution is 2.20. The Kier molecular flexibility index (Phi) is 3.64. The predicted octanol–water partition coefficient (Wildman–Crippen LogP) is 1.68. The fourth-order valence-corrected chi connectivity index (χ4v) is 2.12. The van der Waals surface area contributed by atoms with Gasteiger partial charge in [0.05, 0.1) is 6.10 Å². The Morgan fingerprint density at radius 1 is 1.59 bits per heavy atom. The maximum Gasteiger partial charge on any atom is 0.249 e. The molecule has 4 nitrogen and oxygen atoms in total. The summed E-state index contributed by atoms with van der Waals surface area (Å²) in [6, 6.07) is 5.54. The highest BCUT2D eigenvalue weighted by atomic mass is 16.5. The van der Waals surface area contributed by atoms with E-state index < -0.39 is 0 Å². The molecule has 1 saturated heterocycles. The lowest BCUT2D eigenvalue weighted by Gasteiger charge is -2.15. The summed E-state index contributed by atoms with van der Waals surface area (Å²) in [5.74, 6) is -0.386. The molecule has 1 aliphatic heterocycles. The number of ether oxygens (including phenoxy) is 1. The second-order valence-electron chi connectivity index (χ2n) is 4.36. The molecule has 0 spiro atoms. The molecule has 92 valence electrons. The van der Waals surface area contributed by atoms with E-state index >= 15 is 0 Å². The molecule has 1 fully saturated rings. The molecule has 1 unspecified atom stereocenters. The van der Waals surface area contributed by atoms with Gasteiger partial charge in [-0.1, -0.05) is 6.07 Å². The molecule has 1 amide bonds. The van der Waals surface area contributed by atoms with E-state index in [4.69, 9.17) is 10.5 Å². The van der Waals surface area contributed by atoms with Gasteiger partial charge in [0.25, 0.3) is 0 Å². The van der Waals surface area contributed by atoms with Crippen LogP contribution in [0.5, 0.6) is 0 Å². The van der Waals surface area contributed by atoms with Crippen molar-refractivity contribution in [2.75, 3.05) is 18.5 Å². The number of carbonyl (C=O) groups excluding carboxylic acids is 1. The maximum atomic E-state index is 11.2. The van der Waals surface area contributed by atoms with Gasteiger partial charge < -0.3 is 15.8 Å². The van der Waals surface area contributed by atoms with Crippen LogP contribution in [-0.2, 0) is 4.74 Å². The molecule has 0 aromatic heterocycles. The molecule has 0 bridgehead atoms. The van der Waals surface area contributed by atoms with Crippen LogP contribution in [0.25, 0.3) is 0 Å². The van der Waals surface area contributed by atoms with E-state index in [0.29, 0.717) is 5.56 Å². The Bertz CT molecular complexity index is 412. The van der Waals surface area contributed by atoms with Gasteiger partial charge in [-0.05, 0) is 37.5 Å². The predicted molar refractivity (Wildman–Crippen MR) is 67.2 cm³/mol. The molecular formula is C13H18N2O2. The summed E-state index contributed by atoms with van der Waals surface area (Å²) in [6.45, 7) is 3.54. The second kappa shape index (κ2) is 5.19. The molecule has 1 atom stereocenters. The van der Waals surface area contributed by atoms with Crippen LogP contribution >= 0.6 is 0 Å². The summed E-state index contributed by atoms with van der Waals surface area (Å²) in [7, 11) is 0. The van der Waals surface area contributed by atoms with Crippen LogP contribution in [0.1, 0.15) is 28.8 Å². The number of hydrogen-bond donors (Lipinski definition) is 2. The van der Waals surface area contributed by atoms with E-state index in [9.17, 15) is 4.79 Å². The van der Waals surface area contributed by atoms with Gasteiger partial charge in [0.15, 0.2) is 0 Å². The van der Waals surface area contributed by atoms with Gasteiger partial charge in [-0.25, -0.2) is 0 Å². The zero-order valence-corrected chi connectivity index (χ0v) is 10.0. The van der Waals surface area contributed by atoms with Crippen LogP contribution in [0.4, 0.5) is 5.69 Å². The molecule has 4 heteroatoms. The zero-order chi connectivity index (χ0) is 12.3. The number of carbonyl (C=O) groups is 1. The topological polar surface area (TPSA) is 64.3 Å². The first-order valence-corrected chi connectivity index (χ1v) is 5.93. The minimum atomic E-state index is -0.386. The first kappa shape index (κ1) is 11.9. The largest absolute Gasteiger partial charge is 0.382 e. The van der Waals surface area contributed by atoms with Gasteiger partial charge in [-0.15, -0.1) is 0 Å². The Hall–Kier alpha value is -1.55. The zero-order valence-electron chi connectivity index (χ0n) is 10.0. The number of nitrogens with two attached hydrogens (primary N) is 1. The third-order valence-electron chi connectivity index (χ3n) is 3.14. The average Bonchev–Trinajstić information content (AvgIpc) is 2.80. The lowest BCUT2D eigenvalue weighted by Crippen LogP contribution is -2.20. The quantitative estimate of drug-likeness (QED) is 0.833. The normalized spacial score (nSPS) is 19.2. The summed E-state index contributed by atoms with van der Waals surface area (Å²) < 4.78 is 5.54. The van der Waals surface area contributed by atoms with Gasteiger partial charge >= 0.3 is 0 Å². The second-order valence-corrected chi connectivity index (χ2v) is 4.36. The first-order chi connectivity index (χ1) is 8.18. The van der Waals surface area contributed by atoms with E-state index in [0.717, 1.165) is 37.2 Å². The number of nitrogens with one attached hydrogen (secondary N) is 1. The van der Waals surface area contributed by atoms with Crippen molar-refractivity contribution in [2.45, 2.75) is 25.9 Å². The summed E-state index contributed by atoms with van der Waals surface area (Å²) >= 11 is 0. The number of hydrogen-bond acceptors (Lipinski definition) is 3. The number of rotatable bonds is 4. The molecule has 0 saturated carbocycles. The van der Waals surface area contributed by atoms with Crippen LogP contribution < -0.4 is 11.1 Å². The van der Waals surface area contributed by atoms with Crippen LogP contribution in [0, 0.1) is 6.92 Å². The molecular weight excluding hydrogens is 216 g/mol. The van der Waals surface area contributed by atoms with E-state index in [2.05, 4.69) is 5.32 Å². The van der Waals surface area contributed by atoms with Crippen molar-refractivity contribution in [1.29, 1.82) is 0 Å². The molecule has 1 heterocycles. The Morgan fingerprint density at radius 2 is 2.41 bits per heavy atom. The van der Waals surface area contributed by atoms with Crippen LogP contribution in [0.3, 0.4) is 0 Å². The Labute approximate surface area is 101 Å². The van der Waals surface area contributed by atoms with Crippen molar-refractivity contribution in [2.24, 2.45) is 5.73 Å². The van der Waals surface area contributed by atoms with Crippen molar-refractivity contribution in [3.05, 3.63) is 29.3 Å². The minimum absolute atomic E-state index is 0.284. The van der Waals surface area contributed by atoms with Gasteiger partial charge in [-0.2, -0.15) is 0 Å². The summed E-state index contributed by atoms with van der Waals surface area (Å²) in [4.78, 5) is 11.2. The van der Waals surface area contributed by atoms with E-state index in [1.807, 2.05) is 19.1 Å². The van der Waals surface area contributed by atoms with E-state index in [-0.39, 0.29) is 12.0 Å². The number of amides is 1. The van der Waals surface area contributed by atoms with Crippen molar-refractivity contribution >= 4 is 11.6 Å². The van der Waals surface area contributed by atoms with Gasteiger partial charge in [0.1, 0.15) is 0 Å². The average molecular weight is 234 g/mol. The standard InChI is InChI=1S/C13H18N2O2/c1-9-11(13(14)16)5-2-6-12(9)15-8-10-4-3-7-17-10/h2,5-6,10,15H,3-4,7-8H2,1H3,(H2,14,16). The third-order valence-corrected chi connectivity index (χ3v) is 3.14. The molecule has 0 aliphatic carbocycles. The van der Waals surface area contributed by atoms with Crippen molar-refractivity contribution in [3.8, 4) is 0 Å². The molecule has 1 aliphatic rings. The monoisotopic (exact) mass is 234 g/mol. The molecule has 17 heavy (non-hydrogen) atoms. The summed E-state index contributed by atoms with van der Waals surface area (Å²) in [5, 5.41) is 3.32. The van der Waals surface area contributed by atoms with Gasteiger partial charge in [-0.3, -0.25) is 4.79 Å². The fourth-order valence-electron chi connectivity index (χ4n) is 2.12. The molecule has 2 rings (SSSR count). The minimum Gasteiger partial charge on any atom is -0.382 e. The first-order valence-electron chi connectivity index (χ1n) is 5.93. The Balaban J connectivity index is 2.04. The SMILES string of the molecule is Cc1c(NCC2CCCO2)cccc1C(N)=O. The molecule has 1 aromatic rings. The fraction of sp³-hybridized carbons (Fsp3) is 0.462. The summed E-state index contributed by atoms with van der Waals surface area (Å²) in [5.41, 5.74) is 7.74. The maximum absolute atomic E-state index is 11.2. The van der Waals surface area contributed by atoms with Crippen LogP contribution in [0.2, 0.25) is 0 Å². The van der Waals surface area contributed by atoms with Crippen LogP contribution in [0.15, 0.2) is 18.2 Å².